The molecule has 1 aromatic carbocycles. The molecule has 1 atom stereocenters. The summed E-state index contributed by atoms with van der Waals surface area (Å²) in [5.41, 5.74) is 0. The fraction of sp³-hybridized carbons (Fsp3) is 0.588. The van der Waals surface area contributed by atoms with Crippen molar-refractivity contribution in [2.24, 2.45) is 0 Å². The zero-order valence-electron chi connectivity index (χ0n) is 12.3. The first kappa shape index (κ1) is 14.9. The second-order valence-electron chi connectivity index (χ2n) is 5.52. The van der Waals surface area contributed by atoms with Crippen LogP contribution in [-0.4, -0.2) is 18.1 Å². The average molecular weight is 275 g/mol. The van der Waals surface area contributed by atoms with Crippen LogP contribution in [0.25, 0.3) is 0 Å². The van der Waals surface area contributed by atoms with Crippen LogP contribution in [0.4, 0.5) is 0 Å². The largest absolute Gasteiger partial charge is 0.481 e. The normalized spacial score (nSPS) is 18.1. The highest BCUT2D eigenvalue weighted by atomic mass is 16.5. The number of ether oxygens (including phenoxy) is 1. The molecule has 1 amide bonds. The Morgan fingerprint density at radius 2 is 1.85 bits per heavy atom. The maximum Gasteiger partial charge on any atom is 0.261 e. The topological polar surface area (TPSA) is 38.3 Å². The molecule has 1 aliphatic rings. The van der Waals surface area contributed by atoms with Crippen molar-refractivity contribution in [3.63, 3.8) is 0 Å². The molecular formula is C17H25NO2. The fourth-order valence-corrected chi connectivity index (χ4v) is 2.70. The number of carbonyl (C=O) groups excluding carboxylic acids is 1. The molecule has 20 heavy (non-hydrogen) atoms. The van der Waals surface area contributed by atoms with Gasteiger partial charge in [0.1, 0.15) is 5.75 Å². The minimum atomic E-state index is -0.388. The molecule has 0 radical (unpaired) electrons. The maximum atomic E-state index is 12.3. The van der Waals surface area contributed by atoms with E-state index in [4.69, 9.17) is 4.74 Å². The summed E-state index contributed by atoms with van der Waals surface area (Å²) < 4.78 is 5.79. The highest BCUT2D eigenvalue weighted by molar-refractivity contribution is 5.81. The summed E-state index contributed by atoms with van der Waals surface area (Å²) in [6.45, 7) is 1.99. The van der Waals surface area contributed by atoms with Gasteiger partial charge in [0.05, 0.1) is 0 Å². The van der Waals surface area contributed by atoms with Crippen LogP contribution in [0.5, 0.6) is 5.75 Å². The molecule has 0 heterocycles. The number of benzene rings is 1. The molecule has 0 spiro atoms. The zero-order valence-corrected chi connectivity index (χ0v) is 12.3. The van der Waals surface area contributed by atoms with Crippen LogP contribution in [-0.2, 0) is 4.79 Å². The highest BCUT2D eigenvalue weighted by Gasteiger charge is 2.22. The lowest BCUT2D eigenvalue weighted by atomic mass is 10.1. The number of carbonyl (C=O) groups is 1. The molecule has 0 saturated heterocycles. The van der Waals surface area contributed by atoms with Gasteiger partial charge < -0.3 is 10.1 Å². The third-order valence-corrected chi connectivity index (χ3v) is 3.89. The molecule has 0 unspecified atom stereocenters. The molecule has 1 aromatic rings. The number of nitrogens with one attached hydrogen (secondary N) is 1. The molecule has 1 N–H and O–H groups in total. The summed E-state index contributed by atoms with van der Waals surface area (Å²) in [5.74, 6) is 0.790. The van der Waals surface area contributed by atoms with Crippen LogP contribution in [0.15, 0.2) is 30.3 Å². The van der Waals surface area contributed by atoms with Crippen molar-refractivity contribution in [2.45, 2.75) is 64.0 Å². The van der Waals surface area contributed by atoms with E-state index in [0.717, 1.165) is 18.6 Å². The standard InChI is InChI=1S/C17H25NO2/c1-2-16(20-15-12-8-5-9-13-15)17(19)18-14-10-6-3-4-7-11-14/h5,8-9,12-14,16H,2-4,6-7,10-11H2,1H3,(H,18,19)/t16-/m1/s1. The fourth-order valence-electron chi connectivity index (χ4n) is 2.70. The summed E-state index contributed by atoms with van der Waals surface area (Å²) in [6, 6.07) is 9.90. The van der Waals surface area contributed by atoms with Crippen LogP contribution in [0.3, 0.4) is 0 Å². The van der Waals surface area contributed by atoms with E-state index in [1.807, 2.05) is 37.3 Å². The molecule has 0 aromatic heterocycles. The van der Waals surface area contributed by atoms with Crippen LogP contribution in [0.1, 0.15) is 51.9 Å². The summed E-state index contributed by atoms with van der Waals surface area (Å²) >= 11 is 0. The molecular weight excluding hydrogens is 250 g/mol. The molecule has 1 fully saturated rings. The smallest absolute Gasteiger partial charge is 0.261 e. The molecule has 1 aliphatic carbocycles. The third-order valence-electron chi connectivity index (χ3n) is 3.89. The van der Waals surface area contributed by atoms with Crippen LogP contribution >= 0.6 is 0 Å². The van der Waals surface area contributed by atoms with Crippen molar-refractivity contribution < 1.29 is 9.53 Å². The van der Waals surface area contributed by atoms with Gasteiger partial charge in [-0.1, -0.05) is 50.8 Å². The van der Waals surface area contributed by atoms with E-state index in [2.05, 4.69) is 5.32 Å². The second kappa shape index (κ2) is 7.93. The summed E-state index contributed by atoms with van der Waals surface area (Å²) in [7, 11) is 0. The minimum Gasteiger partial charge on any atom is -0.481 e. The van der Waals surface area contributed by atoms with E-state index >= 15 is 0 Å². The van der Waals surface area contributed by atoms with Crippen molar-refractivity contribution in [1.82, 2.24) is 5.32 Å². The van der Waals surface area contributed by atoms with Crippen LogP contribution < -0.4 is 10.1 Å². The van der Waals surface area contributed by atoms with Crippen molar-refractivity contribution in [2.75, 3.05) is 0 Å². The van der Waals surface area contributed by atoms with Gasteiger partial charge in [-0.3, -0.25) is 4.79 Å². The van der Waals surface area contributed by atoms with E-state index in [9.17, 15) is 4.79 Å². The monoisotopic (exact) mass is 275 g/mol. The van der Waals surface area contributed by atoms with Gasteiger partial charge in [-0.25, -0.2) is 0 Å². The molecule has 3 nitrogen and oxygen atoms in total. The summed E-state index contributed by atoms with van der Waals surface area (Å²) in [6.07, 6.45) is 7.55. The number of hydrogen-bond acceptors (Lipinski definition) is 2. The van der Waals surface area contributed by atoms with Gasteiger partial charge in [-0.05, 0) is 31.4 Å². The Morgan fingerprint density at radius 1 is 1.20 bits per heavy atom. The molecule has 1 saturated carbocycles. The lowest BCUT2D eigenvalue weighted by Crippen LogP contribution is -2.43. The molecule has 2 rings (SSSR count). The van der Waals surface area contributed by atoms with Gasteiger partial charge in [0.25, 0.3) is 5.91 Å². The first-order chi connectivity index (χ1) is 9.79. The van der Waals surface area contributed by atoms with E-state index in [1.54, 1.807) is 0 Å². The summed E-state index contributed by atoms with van der Waals surface area (Å²) in [4.78, 5) is 12.3. The molecule has 3 heteroatoms. The Kier molecular flexibility index (Phi) is 5.90. The van der Waals surface area contributed by atoms with Gasteiger partial charge in [0, 0.05) is 6.04 Å². The highest BCUT2D eigenvalue weighted by Crippen LogP contribution is 2.18. The second-order valence-corrected chi connectivity index (χ2v) is 5.52. The van der Waals surface area contributed by atoms with Gasteiger partial charge in [-0.15, -0.1) is 0 Å². The minimum absolute atomic E-state index is 0.0308. The van der Waals surface area contributed by atoms with E-state index < -0.39 is 0 Å². The van der Waals surface area contributed by atoms with Gasteiger partial charge in [0.2, 0.25) is 0 Å². The van der Waals surface area contributed by atoms with E-state index in [1.165, 1.54) is 25.7 Å². The summed E-state index contributed by atoms with van der Waals surface area (Å²) in [5, 5.41) is 3.17. The quantitative estimate of drug-likeness (QED) is 0.832. The predicted octanol–water partition coefficient (Wildman–Crippen LogP) is 3.68. The molecule has 0 aliphatic heterocycles. The Morgan fingerprint density at radius 3 is 2.45 bits per heavy atom. The number of para-hydroxylation sites is 1. The van der Waals surface area contributed by atoms with Gasteiger partial charge >= 0.3 is 0 Å². The average Bonchev–Trinajstić information content (AvgIpc) is 2.74. The van der Waals surface area contributed by atoms with Gasteiger partial charge in [0.15, 0.2) is 6.10 Å². The van der Waals surface area contributed by atoms with Crippen LogP contribution in [0, 0.1) is 0 Å². The molecule has 0 bridgehead atoms. The van der Waals surface area contributed by atoms with Crippen molar-refractivity contribution in [3.05, 3.63) is 30.3 Å². The SMILES string of the molecule is CC[C@@H](Oc1ccccc1)C(=O)NC1CCCCCC1. The van der Waals surface area contributed by atoms with Crippen molar-refractivity contribution in [1.29, 1.82) is 0 Å². The first-order valence-electron chi connectivity index (χ1n) is 7.81. The Bertz CT molecular complexity index is 397. The third kappa shape index (κ3) is 4.55. The van der Waals surface area contributed by atoms with Crippen LogP contribution in [0.2, 0.25) is 0 Å². The Labute approximate surface area is 121 Å². The maximum absolute atomic E-state index is 12.3. The first-order valence-corrected chi connectivity index (χ1v) is 7.81. The van der Waals surface area contributed by atoms with Crippen molar-refractivity contribution in [3.8, 4) is 5.75 Å². The Balaban J connectivity index is 1.88. The number of rotatable bonds is 5. The van der Waals surface area contributed by atoms with Gasteiger partial charge in [-0.2, -0.15) is 0 Å². The number of amides is 1. The molecule has 110 valence electrons. The van der Waals surface area contributed by atoms with Crippen molar-refractivity contribution >= 4 is 5.91 Å². The lowest BCUT2D eigenvalue weighted by Gasteiger charge is -2.21. The zero-order chi connectivity index (χ0) is 14.2. The Hall–Kier alpha value is -1.51. The predicted molar refractivity (Wildman–Crippen MR) is 80.8 cm³/mol. The van der Waals surface area contributed by atoms with E-state index in [0.29, 0.717) is 12.5 Å². The number of hydrogen-bond donors (Lipinski definition) is 1. The van der Waals surface area contributed by atoms with E-state index in [-0.39, 0.29) is 12.0 Å². The lowest BCUT2D eigenvalue weighted by molar-refractivity contribution is -0.128.